The van der Waals surface area contributed by atoms with E-state index in [0.29, 0.717) is 34.1 Å². The number of benzene rings is 2. The van der Waals surface area contributed by atoms with E-state index < -0.39 is 0 Å². The summed E-state index contributed by atoms with van der Waals surface area (Å²) < 4.78 is 5.23. The number of hydrogen-bond donors (Lipinski definition) is 2. The van der Waals surface area contributed by atoms with Gasteiger partial charge in [0.2, 0.25) is 0 Å². The predicted molar refractivity (Wildman–Crippen MR) is 78.2 cm³/mol. The highest BCUT2D eigenvalue weighted by atomic mass is 35.5. The van der Waals surface area contributed by atoms with Crippen LogP contribution < -0.4 is 10.1 Å². The summed E-state index contributed by atoms with van der Waals surface area (Å²) in [5.41, 5.74) is 1.72. The van der Waals surface area contributed by atoms with E-state index in [1.54, 1.807) is 37.4 Å². The largest absolute Gasteiger partial charge is 0.508 e. The monoisotopic (exact) mass is 288 g/mol. The number of para-hydroxylation sites is 1. The second kappa shape index (κ2) is 6.18. The number of nitriles is 1. The second-order valence-corrected chi connectivity index (χ2v) is 4.56. The molecule has 5 heteroatoms. The number of aromatic hydroxyl groups is 1. The topological polar surface area (TPSA) is 65.3 Å². The van der Waals surface area contributed by atoms with Crippen molar-refractivity contribution in [3.8, 4) is 17.6 Å². The van der Waals surface area contributed by atoms with E-state index in [1.807, 2.05) is 0 Å². The maximum atomic E-state index is 9.77. The first-order valence-electron chi connectivity index (χ1n) is 5.94. The zero-order chi connectivity index (χ0) is 14.5. The summed E-state index contributed by atoms with van der Waals surface area (Å²) in [4.78, 5) is 0. The Morgan fingerprint density at radius 2 is 2.15 bits per heavy atom. The normalized spacial score (nSPS) is 9.85. The van der Waals surface area contributed by atoms with Crippen LogP contribution in [-0.4, -0.2) is 12.2 Å². The summed E-state index contributed by atoms with van der Waals surface area (Å²) in [5.74, 6) is 0.723. The van der Waals surface area contributed by atoms with Crippen LogP contribution in [0, 0.1) is 11.3 Å². The van der Waals surface area contributed by atoms with Crippen molar-refractivity contribution < 1.29 is 9.84 Å². The van der Waals surface area contributed by atoms with Gasteiger partial charge >= 0.3 is 0 Å². The van der Waals surface area contributed by atoms with Crippen molar-refractivity contribution in [2.45, 2.75) is 6.54 Å². The fourth-order valence-electron chi connectivity index (χ4n) is 1.86. The average Bonchev–Trinajstić information content (AvgIpc) is 2.47. The lowest BCUT2D eigenvalue weighted by Gasteiger charge is -2.13. The fourth-order valence-corrected chi connectivity index (χ4v) is 2.05. The summed E-state index contributed by atoms with van der Waals surface area (Å²) in [6.45, 7) is 0.335. The maximum absolute atomic E-state index is 9.77. The Balaban J connectivity index is 2.27. The third-order valence-electron chi connectivity index (χ3n) is 2.86. The van der Waals surface area contributed by atoms with Crippen molar-refractivity contribution in [2.75, 3.05) is 12.4 Å². The molecule has 102 valence electrons. The first kappa shape index (κ1) is 14.0. The van der Waals surface area contributed by atoms with Gasteiger partial charge in [-0.2, -0.15) is 5.26 Å². The zero-order valence-electron chi connectivity index (χ0n) is 10.9. The molecule has 2 aromatic rings. The smallest absolute Gasteiger partial charge is 0.143 e. The highest BCUT2D eigenvalue weighted by Gasteiger charge is 2.09. The van der Waals surface area contributed by atoms with Gasteiger partial charge in [-0.05, 0) is 30.3 Å². The molecule has 4 nitrogen and oxygen atoms in total. The molecule has 2 rings (SSSR count). The van der Waals surface area contributed by atoms with Gasteiger partial charge in [0.25, 0.3) is 0 Å². The Labute approximate surface area is 122 Å². The maximum Gasteiger partial charge on any atom is 0.143 e. The van der Waals surface area contributed by atoms with Gasteiger partial charge < -0.3 is 15.2 Å². The van der Waals surface area contributed by atoms with Gasteiger partial charge in [-0.3, -0.25) is 0 Å². The van der Waals surface area contributed by atoms with Gasteiger partial charge in [0.1, 0.15) is 17.6 Å². The highest BCUT2D eigenvalue weighted by Crippen LogP contribution is 2.29. The number of nitrogens with one attached hydrogen (secondary N) is 1. The molecule has 0 radical (unpaired) electrons. The summed E-state index contributed by atoms with van der Waals surface area (Å²) in [7, 11) is 1.54. The molecule has 0 atom stereocenters. The summed E-state index contributed by atoms with van der Waals surface area (Å²) in [6.07, 6.45) is 0. The number of rotatable bonds is 4. The van der Waals surface area contributed by atoms with Crippen molar-refractivity contribution in [3.63, 3.8) is 0 Å². The third kappa shape index (κ3) is 2.95. The number of ether oxygens (including phenoxy) is 1. The van der Waals surface area contributed by atoms with E-state index in [4.69, 9.17) is 21.6 Å². The van der Waals surface area contributed by atoms with Crippen LogP contribution in [0.4, 0.5) is 5.69 Å². The van der Waals surface area contributed by atoms with Crippen molar-refractivity contribution in [1.82, 2.24) is 0 Å². The molecule has 0 aliphatic heterocycles. The lowest BCUT2D eigenvalue weighted by Crippen LogP contribution is -2.03. The van der Waals surface area contributed by atoms with Gasteiger partial charge in [0, 0.05) is 17.1 Å². The van der Waals surface area contributed by atoms with E-state index in [0.717, 1.165) is 0 Å². The number of phenolic OH excluding ortho intramolecular Hbond substituents is 1. The molecule has 0 fully saturated rings. The quantitative estimate of drug-likeness (QED) is 0.903. The number of nitrogens with zero attached hydrogens (tertiary/aromatic N) is 1. The van der Waals surface area contributed by atoms with Crippen LogP contribution in [0.1, 0.15) is 11.1 Å². The molecule has 0 bridgehead atoms. The summed E-state index contributed by atoms with van der Waals surface area (Å²) >= 11 is 5.90. The molecule has 20 heavy (non-hydrogen) atoms. The van der Waals surface area contributed by atoms with Crippen LogP contribution in [0.25, 0.3) is 0 Å². The number of methoxy groups -OCH3 is 1. The number of anilines is 1. The number of phenols is 1. The standard InChI is InChI=1S/C15H13ClN2O2/c1-20-14-4-2-3-10(8-17)15(14)18-9-11-7-12(16)5-6-13(11)19/h2-7,18-19H,9H2,1H3. The van der Waals surface area contributed by atoms with Gasteiger partial charge in [0.15, 0.2) is 0 Å². The first-order chi connectivity index (χ1) is 9.65. The highest BCUT2D eigenvalue weighted by molar-refractivity contribution is 6.30. The third-order valence-corrected chi connectivity index (χ3v) is 3.10. The van der Waals surface area contributed by atoms with Crippen molar-refractivity contribution in [1.29, 1.82) is 5.26 Å². The number of hydrogen-bond acceptors (Lipinski definition) is 4. The van der Waals surface area contributed by atoms with Crippen LogP contribution in [0.5, 0.6) is 11.5 Å². The molecule has 0 aliphatic carbocycles. The molecular weight excluding hydrogens is 276 g/mol. The Kier molecular flexibility index (Phi) is 4.34. The zero-order valence-corrected chi connectivity index (χ0v) is 11.6. The molecule has 0 aromatic heterocycles. The molecule has 0 saturated carbocycles. The molecule has 0 aliphatic rings. The van der Waals surface area contributed by atoms with Crippen LogP contribution in [0.3, 0.4) is 0 Å². The van der Waals surface area contributed by atoms with Crippen molar-refractivity contribution >= 4 is 17.3 Å². The lowest BCUT2D eigenvalue weighted by atomic mass is 10.1. The lowest BCUT2D eigenvalue weighted by molar-refractivity contribution is 0.416. The minimum Gasteiger partial charge on any atom is -0.508 e. The molecule has 2 aromatic carbocycles. The Morgan fingerprint density at radius 3 is 2.85 bits per heavy atom. The number of halogens is 1. The van der Waals surface area contributed by atoms with E-state index in [2.05, 4.69) is 11.4 Å². The molecular formula is C15H13ClN2O2. The van der Waals surface area contributed by atoms with E-state index in [1.165, 1.54) is 6.07 Å². The fraction of sp³-hybridized carbons (Fsp3) is 0.133. The Bertz CT molecular complexity index is 665. The van der Waals surface area contributed by atoms with Gasteiger partial charge in [-0.15, -0.1) is 0 Å². The average molecular weight is 289 g/mol. The molecule has 0 unspecified atom stereocenters. The minimum atomic E-state index is 0.148. The van der Waals surface area contributed by atoms with Gasteiger partial charge in [-0.25, -0.2) is 0 Å². The van der Waals surface area contributed by atoms with Gasteiger partial charge in [0.05, 0.1) is 18.4 Å². The molecule has 0 amide bonds. The SMILES string of the molecule is COc1cccc(C#N)c1NCc1cc(Cl)ccc1O. The molecule has 0 spiro atoms. The summed E-state index contributed by atoms with van der Waals surface area (Å²) in [6, 6.07) is 12.1. The summed E-state index contributed by atoms with van der Waals surface area (Å²) in [5, 5.41) is 22.5. The van der Waals surface area contributed by atoms with Crippen molar-refractivity contribution in [3.05, 3.63) is 52.5 Å². The van der Waals surface area contributed by atoms with E-state index >= 15 is 0 Å². The predicted octanol–water partition coefficient (Wildman–Crippen LogP) is 3.54. The Hall–Kier alpha value is -2.38. The Morgan fingerprint density at radius 1 is 1.35 bits per heavy atom. The van der Waals surface area contributed by atoms with Crippen LogP contribution in [0.15, 0.2) is 36.4 Å². The van der Waals surface area contributed by atoms with Crippen LogP contribution in [-0.2, 0) is 6.54 Å². The van der Waals surface area contributed by atoms with Crippen LogP contribution >= 0.6 is 11.6 Å². The molecule has 0 heterocycles. The van der Waals surface area contributed by atoms with E-state index in [9.17, 15) is 5.11 Å². The molecule has 2 N–H and O–H groups in total. The first-order valence-corrected chi connectivity index (χ1v) is 6.32. The van der Waals surface area contributed by atoms with Crippen molar-refractivity contribution in [2.24, 2.45) is 0 Å². The van der Waals surface area contributed by atoms with Gasteiger partial charge in [-0.1, -0.05) is 17.7 Å². The minimum absolute atomic E-state index is 0.148. The van der Waals surface area contributed by atoms with Crippen LogP contribution in [0.2, 0.25) is 5.02 Å². The van der Waals surface area contributed by atoms with E-state index in [-0.39, 0.29) is 5.75 Å². The molecule has 0 saturated heterocycles. The second-order valence-electron chi connectivity index (χ2n) is 4.12.